The summed E-state index contributed by atoms with van der Waals surface area (Å²) in [5, 5.41) is 8.22. The van der Waals surface area contributed by atoms with E-state index in [1.165, 1.54) is 11.3 Å². The second-order valence-electron chi connectivity index (χ2n) is 6.70. The van der Waals surface area contributed by atoms with Crippen LogP contribution in [0.2, 0.25) is 0 Å². The van der Waals surface area contributed by atoms with Gasteiger partial charge in [0.05, 0.1) is 22.6 Å². The summed E-state index contributed by atoms with van der Waals surface area (Å²) in [5.74, 6) is 0.632. The molecule has 1 amide bonds. The van der Waals surface area contributed by atoms with Gasteiger partial charge in [0.1, 0.15) is 4.88 Å². The molecule has 8 nitrogen and oxygen atoms in total. The highest BCUT2D eigenvalue weighted by molar-refractivity contribution is 7.13. The van der Waals surface area contributed by atoms with E-state index < -0.39 is 0 Å². The summed E-state index contributed by atoms with van der Waals surface area (Å²) in [6.45, 7) is 5.29. The fourth-order valence-electron chi connectivity index (χ4n) is 3.27. The van der Waals surface area contributed by atoms with Crippen LogP contribution in [0.1, 0.15) is 26.8 Å². The van der Waals surface area contributed by atoms with Crippen LogP contribution >= 0.6 is 11.3 Å². The number of amides is 1. The number of rotatable bonds is 4. The van der Waals surface area contributed by atoms with E-state index in [-0.39, 0.29) is 11.9 Å². The third kappa shape index (κ3) is 3.68. The summed E-state index contributed by atoms with van der Waals surface area (Å²) in [6.07, 6.45) is 6.35. The van der Waals surface area contributed by atoms with Crippen molar-refractivity contribution in [2.45, 2.75) is 26.3 Å². The van der Waals surface area contributed by atoms with Crippen LogP contribution < -0.4 is 10.2 Å². The molecular weight excluding hydrogens is 362 g/mol. The van der Waals surface area contributed by atoms with Crippen molar-refractivity contribution in [3.63, 3.8) is 0 Å². The van der Waals surface area contributed by atoms with Gasteiger partial charge in [0.2, 0.25) is 5.95 Å². The first kappa shape index (κ1) is 17.6. The lowest BCUT2D eigenvalue weighted by Gasteiger charge is -2.17. The maximum absolute atomic E-state index is 12.5. The monoisotopic (exact) mass is 383 g/mol. The van der Waals surface area contributed by atoms with Crippen LogP contribution in [-0.2, 0) is 7.05 Å². The molecule has 4 rings (SSSR count). The lowest BCUT2D eigenvalue weighted by Crippen LogP contribution is -2.37. The van der Waals surface area contributed by atoms with Crippen molar-refractivity contribution < 1.29 is 4.79 Å². The van der Waals surface area contributed by atoms with Crippen LogP contribution in [-0.4, -0.2) is 49.8 Å². The number of carbonyl (C=O) groups is 1. The third-order valence-electron chi connectivity index (χ3n) is 4.56. The molecule has 27 heavy (non-hydrogen) atoms. The Morgan fingerprint density at radius 2 is 2.19 bits per heavy atom. The Morgan fingerprint density at radius 3 is 2.89 bits per heavy atom. The number of aryl methyl sites for hydroxylation is 3. The molecule has 0 spiro atoms. The zero-order valence-corrected chi connectivity index (χ0v) is 16.3. The molecule has 4 heterocycles. The minimum Gasteiger partial charge on any atom is -0.347 e. The zero-order chi connectivity index (χ0) is 19.0. The average molecular weight is 383 g/mol. The van der Waals surface area contributed by atoms with Gasteiger partial charge in [-0.2, -0.15) is 5.10 Å². The van der Waals surface area contributed by atoms with Crippen LogP contribution in [0.4, 0.5) is 5.95 Å². The van der Waals surface area contributed by atoms with E-state index in [0.29, 0.717) is 17.4 Å². The summed E-state index contributed by atoms with van der Waals surface area (Å²) in [7, 11) is 1.88. The molecule has 0 radical (unpaired) electrons. The van der Waals surface area contributed by atoms with Crippen molar-refractivity contribution in [3.8, 4) is 11.3 Å². The molecule has 1 aliphatic heterocycles. The van der Waals surface area contributed by atoms with Gasteiger partial charge in [-0.25, -0.2) is 15.0 Å². The Bertz CT molecular complexity index is 980. The number of nitrogens with zero attached hydrogens (tertiary/aromatic N) is 6. The molecule has 3 aromatic heterocycles. The van der Waals surface area contributed by atoms with Crippen LogP contribution in [0, 0.1) is 13.8 Å². The molecule has 1 fully saturated rings. The predicted octanol–water partition coefficient (Wildman–Crippen LogP) is 1.96. The Labute approximate surface area is 161 Å². The molecule has 140 valence electrons. The van der Waals surface area contributed by atoms with Crippen molar-refractivity contribution in [1.29, 1.82) is 0 Å². The summed E-state index contributed by atoms with van der Waals surface area (Å²) < 4.78 is 1.75. The Hall–Kier alpha value is -2.81. The van der Waals surface area contributed by atoms with E-state index in [9.17, 15) is 4.79 Å². The van der Waals surface area contributed by atoms with E-state index in [0.717, 1.165) is 34.9 Å². The minimum absolute atomic E-state index is 0.0463. The lowest BCUT2D eigenvalue weighted by atomic mass is 10.2. The molecule has 1 unspecified atom stereocenters. The van der Waals surface area contributed by atoms with Gasteiger partial charge in [-0.3, -0.25) is 9.48 Å². The molecule has 1 atom stereocenters. The van der Waals surface area contributed by atoms with Gasteiger partial charge >= 0.3 is 0 Å². The van der Waals surface area contributed by atoms with Gasteiger partial charge in [0.15, 0.2) is 0 Å². The van der Waals surface area contributed by atoms with Crippen molar-refractivity contribution >= 4 is 23.2 Å². The highest BCUT2D eigenvalue weighted by Gasteiger charge is 2.27. The van der Waals surface area contributed by atoms with Crippen LogP contribution in [0.15, 0.2) is 24.7 Å². The molecule has 0 aromatic carbocycles. The highest BCUT2D eigenvalue weighted by atomic mass is 32.1. The standard InChI is InChI=1S/C18H21N7OS/c1-11-16(27-12(2)21-11)17(26)22-14-5-7-25(10-14)18-19-6-4-15(23-18)13-8-20-24(3)9-13/h4,6,8-9,14H,5,7,10H2,1-3H3,(H,22,26). The number of thiazole rings is 1. The first-order valence-corrected chi connectivity index (χ1v) is 9.63. The van der Waals surface area contributed by atoms with E-state index in [2.05, 4.69) is 30.3 Å². The molecule has 0 saturated carbocycles. The predicted molar refractivity (Wildman–Crippen MR) is 104 cm³/mol. The number of aromatic nitrogens is 5. The Morgan fingerprint density at radius 1 is 1.33 bits per heavy atom. The first-order chi connectivity index (χ1) is 13.0. The maximum atomic E-state index is 12.5. The van der Waals surface area contributed by atoms with E-state index >= 15 is 0 Å². The fraction of sp³-hybridized carbons (Fsp3) is 0.389. The largest absolute Gasteiger partial charge is 0.347 e. The summed E-state index contributed by atoms with van der Waals surface area (Å²) in [5.41, 5.74) is 2.59. The van der Waals surface area contributed by atoms with Gasteiger partial charge in [-0.15, -0.1) is 11.3 Å². The second-order valence-corrected chi connectivity index (χ2v) is 7.90. The van der Waals surface area contributed by atoms with Gasteiger partial charge in [-0.1, -0.05) is 0 Å². The van der Waals surface area contributed by atoms with Gasteiger partial charge < -0.3 is 10.2 Å². The molecule has 1 N–H and O–H groups in total. The average Bonchev–Trinajstić information content (AvgIpc) is 3.35. The number of carbonyl (C=O) groups excluding carboxylic acids is 1. The molecule has 9 heteroatoms. The first-order valence-electron chi connectivity index (χ1n) is 8.81. The summed E-state index contributed by atoms with van der Waals surface area (Å²) >= 11 is 1.44. The summed E-state index contributed by atoms with van der Waals surface area (Å²) in [4.78, 5) is 28.7. The fourth-order valence-corrected chi connectivity index (χ4v) is 4.09. The number of hydrogen-bond donors (Lipinski definition) is 1. The normalized spacial score (nSPS) is 16.7. The van der Waals surface area contributed by atoms with Crippen LogP contribution in [0.5, 0.6) is 0 Å². The topological polar surface area (TPSA) is 88.8 Å². The van der Waals surface area contributed by atoms with Crippen LogP contribution in [0.3, 0.4) is 0 Å². The van der Waals surface area contributed by atoms with Crippen molar-refractivity contribution in [3.05, 3.63) is 40.2 Å². The number of nitrogens with one attached hydrogen (secondary N) is 1. The lowest BCUT2D eigenvalue weighted by molar-refractivity contribution is 0.0943. The van der Waals surface area contributed by atoms with Gasteiger partial charge in [-0.05, 0) is 26.3 Å². The van der Waals surface area contributed by atoms with E-state index in [4.69, 9.17) is 0 Å². The zero-order valence-electron chi connectivity index (χ0n) is 15.5. The molecular formula is C18H21N7OS. The summed E-state index contributed by atoms with van der Waals surface area (Å²) in [6, 6.07) is 1.95. The Balaban J connectivity index is 1.44. The molecule has 0 aliphatic carbocycles. The van der Waals surface area contributed by atoms with E-state index in [1.807, 2.05) is 33.2 Å². The number of anilines is 1. The minimum atomic E-state index is -0.0463. The SMILES string of the molecule is Cc1nc(C)c(C(=O)NC2CCN(c3nccc(-c4cnn(C)c4)n3)C2)s1. The maximum Gasteiger partial charge on any atom is 0.263 e. The quantitative estimate of drug-likeness (QED) is 0.741. The van der Waals surface area contributed by atoms with Gasteiger partial charge in [0, 0.05) is 44.1 Å². The molecule has 1 aliphatic rings. The number of hydrogen-bond acceptors (Lipinski definition) is 7. The van der Waals surface area contributed by atoms with E-state index in [1.54, 1.807) is 17.1 Å². The Kier molecular flexibility index (Phi) is 4.61. The van der Waals surface area contributed by atoms with Gasteiger partial charge in [0.25, 0.3) is 5.91 Å². The third-order valence-corrected chi connectivity index (χ3v) is 5.63. The molecule has 0 bridgehead atoms. The van der Waals surface area contributed by atoms with Crippen molar-refractivity contribution in [2.75, 3.05) is 18.0 Å². The smallest absolute Gasteiger partial charge is 0.263 e. The van der Waals surface area contributed by atoms with Crippen molar-refractivity contribution in [2.24, 2.45) is 7.05 Å². The molecule has 3 aromatic rings. The highest BCUT2D eigenvalue weighted by Crippen LogP contribution is 2.22. The second kappa shape index (κ2) is 7.07. The van der Waals surface area contributed by atoms with Crippen molar-refractivity contribution in [1.82, 2.24) is 30.0 Å². The molecule has 1 saturated heterocycles. The van der Waals surface area contributed by atoms with Crippen LogP contribution in [0.25, 0.3) is 11.3 Å².